The molecule has 0 bridgehead atoms. The zero-order chi connectivity index (χ0) is 15.7. The Hall–Kier alpha value is -2.47. The van der Waals surface area contributed by atoms with Gasteiger partial charge in [0, 0.05) is 12.6 Å². The second-order valence-corrected chi connectivity index (χ2v) is 5.68. The van der Waals surface area contributed by atoms with Crippen molar-refractivity contribution in [2.24, 2.45) is 12.0 Å². The highest BCUT2D eigenvalue weighted by Crippen LogP contribution is 2.19. The fourth-order valence-corrected chi connectivity index (χ4v) is 3.18. The third-order valence-electron chi connectivity index (χ3n) is 3.31. The summed E-state index contributed by atoms with van der Waals surface area (Å²) in [6, 6.07) is 11.5. The number of carbonyl (C=O) groups is 1. The average molecular weight is 316 g/mol. The molecular formula is C16H13FN2O2S. The van der Waals surface area contributed by atoms with E-state index >= 15 is 0 Å². The first kappa shape index (κ1) is 14.5. The second kappa shape index (κ2) is 5.73. The molecule has 2 aromatic carbocycles. The van der Waals surface area contributed by atoms with Crippen molar-refractivity contribution >= 4 is 27.5 Å². The van der Waals surface area contributed by atoms with E-state index in [-0.39, 0.29) is 11.7 Å². The first-order valence-corrected chi connectivity index (χ1v) is 7.39. The molecule has 112 valence electrons. The molecule has 0 saturated carbocycles. The molecule has 0 aliphatic carbocycles. The lowest BCUT2D eigenvalue weighted by molar-refractivity contribution is 0.0998. The van der Waals surface area contributed by atoms with E-state index in [0.29, 0.717) is 21.6 Å². The number of rotatable bonds is 2. The van der Waals surface area contributed by atoms with E-state index in [1.807, 2.05) is 0 Å². The van der Waals surface area contributed by atoms with Crippen LogP contribution in [0.3, 0.4) is 0 Å². The Balaban J connectivity index is 2.06. The van der Waals surface area contributed by atoms with E-state index in [1.54, 1.807) is 55.1 Å². The van der Waals surface area contributed by atoms with Crippen LogP contribution >= 0.6 is 11.3 Å². The molecule has 1 amide bonds. The number of para-hydroxylation sites is 1. The molecule has 22 heavy (non-hydrogen) atoms. The van der Waals surface area contributed by atoms with Crippen LogP contribution in [0.15, 0.2) is 47.5 Å². The smallest absolute Gasteiger partial charge is 0.279 e. The molecule has 1 heterocycles. The zero-order valence-electron chi connectivity index (χ0n) is 12.0. The lowest BCUT2D eigenvalue weighted by Crippen LogP contribution is -2.13. The maximum atomic E-state index is 13.8. The molecule has 6 heteroatoms. The lowest BCUT2D eigenvalue weighted by Gasteiger charge is -2.00. The van der Waals surface area contributed by atoms with Gasteiger partial charge in [0.1, 0.15) is 11.6 Å². The standard InChI is InChI=1S/C16H13FN2O2S/c1-19-14-12(17)4-3-5-13(14)22-16(19)18-15(20)10-6-8-11(21-2)9-7-10/h3-9H,1-2H3. The molecule has 0 spiro atoms. The molecule has 1 aromatic heterocycles. The minimum atomic E-state index is -0.370. The van der Waals surface area contributed by atoms with Crippen LogP contribution in [0.5, 0.6) is 5.75 Å². The van der Waals surface area contributed by atoms with E-state index in [0.717, 1.165) is 4.70 Å². The molecule has 0 radical (unpaired) electrons. The van der Waals surface area contributed by atoms with Crippen LogP contribution in [-0.2, 0) is 7.05 Å². The predicted molar refractivity (Wildman–Crippen MR) is 83.6 cm³/mol. The summed E-state index contributed by atoms with van der Waals surface area (Å²) in [5.74, 6) is -0.0224. The van der Waals surface area contributed by atoms with Crippen LogP contribution in [0.2, 0.25) is 0 Å². The monoisotopic (exact) mass is 316 g/mol. The highest BCUT2D eigenvalue weighted by molar-refractivity contribution is 7.16. The molecule has 0 fully saturated rings. The van der Waals surface area contributed by atoms with Gasteiger partial charge in [0.05, 0.1) is 17.3 Å². The van der Waals surface area contributed by atoms with E-state index in [4.69, 9.17) is 4.74 Å². The molecule has 0 atom stereocenters. The lowest BCUT2D eigenvalue weighted by atomic mass is 10.2. The van der Waals surface area contributed by atoms with Gasteiger partial charge in [-0.1, -0.05) is 17.4 Å². The summed E-state index contributed by atoms with van der Waals surface area (Å²) in [5.41, 5.74) is 0.910. The van der Waals surface area contributed by atoms with Gasteiger partial charge in [-0.05, 0) is 36.4 Å². The summed E-state index contributed by atoms with van der Waals surface area (Å²) in [7, 11) is 3.26. The molecule has 4 nitrogen and oxygen atoms in total. The maximum absolute atomic E-state index is 13.8. The summed E-state index contributed by atoms with van der Waals surface area (Å²) < 4.78 is 21.3. The van der Waals surface area contributed by atoms with Crippen molar-refractivity contribution in [3.63, 3.8) is 0 Å². The number of benzene rings is 2. The van der Waals surface area contributed by atoms with E-state index in [9.17, 15) is 9.18 Å². The quantitative estimate of drug-likeness (QED) is 0.729. The van der Waals surface area contributed by atoms with Gasteiger partial charge < -0.3 is 9.30 Å². The van der Waals surface area contributed by atoms with Gasteiger partial charge in [-0.25, -0.2) is 4.39 Å². The number of hydrogen-bond acceptors (Lipinski definition) is 3. The number of hydrogen-bond donors (Lipinski definition) is 0. The minimum absolute atomic E-state index is 0.324. The third kappa shape index (κ3) is 2.53. The Morgan fingerprint density at radius 2 is 1.95 bits per heavy atom. The number of methoxy groups -OCH3 is 1. The van der Waals surface area contributed by atoms with Crippen LogP contribution in [0, 0.1) is 5.82 Å². The molecule has 3 aromatic rings. The van der Waals surface area contributed by atoms with Gasteiger partial charge in [-0.15, -0.1) is 0 Å². The molecule has 0 saturated heterocycles. The van der Waals surface area contributed by atoms with Crippen molar-refractivity contribution in [2.45, 2.75) is 0 Å². The Labute approximate surface area is 130 Å². The number of thiazole rings is 1. The number of nitrogens with zero attached hydrogens (tertiary/aromatic N) is 2. The first-order chi connectivity index (χ1) is 10.6. The number of fused-ring (bicyclic) bond motifs is 1. The van der Waals surface area contributed by atoms with Crippen LogP contribution in [0.25, 0.3) is 10.2 Å². The molecule has 3 rings (SSSR count). The van der Waals surface area contributed by atoms with Gasteiger partial charge in [0.25, 0.3) is 5.91 Å². The van der Waals surface area contributed by atoms with E-state index in [1.165, 1.54) is 17.4 Å². The Morgan fingerprint density at radius 3 is 2.59 bits per heavy atom. The van der Waals surface area contributed by atoms with Crippen molar-refractivity contribution in [2.75, 3.05) is 7.11 Å². The van der Waals surface area contributed by atoms with Crippen molar-refractivity contribution in [1.29, 1.82) is 0 Å². The maximum Gasteiger partial charge on any atom is 0.279 e. The number of aromatic nitrogens is 1. The second-order valence-electron chi connectivity index (χ2n) is 4.68. The van der Waals surface area contributed by atoms with Crippen LogP contribution in [0.4, 0.5) is 4.39 Å². The van der Waals surface area contributed by atoms with Gasteiger partial charge >= 0.3 is 0 Å². The highest BCUT2D eigenvalue weighted by atomic mass is 32.1. The normalized spacial score (nSPS) is 11.9. The number of aryl methyl sites for hydroxylation is 1. The molecule has 0 aliphatic rings. The number of halogens is 1. The Kier molecular flexibility index (Phi) is 3.77. The van der Waals surface area contributed by atoms with Crippen LogP contribution < -0.4 is 9.54 Å². The summed E-state index contributed by atoms with van der Waals surface area (Å²) in [6.45, 7) is 0. The highest BCUT2D eigenvalue weighted by Gasteiger charge is 2.10. The fraction of sp³-hybridized carbons (Fsp3) is 0.125. The summed E-state index contributed by atoms with van der Waals surface area (Å²) >= 11 is 1.28. The zero-order valence-corrected chi connectivity index (χ0v) is 12.9. The largest absolute Gasteiger partial charge is 0.497 e. The summed E-state index contributed by atoms with van der Waals surface area (Å²) in [5, 5.41) is 0. The van der Waals surface area contributed by atoms with Crippen molar-refractivity contribution in [3.05, 3.63) is 58.6 Å². The predicted octanol–water partition coefficient (Wildman–Crippen LogP) is 3.13. The molecule has 0 N–H and O–H groups in total. The third-order valence-corrected chi connectivity index (χ3v) is 4.40. The Bertz CT molecular complexity index is 910. The number of carbonyl (C=O) groups excluding carboxylic acids is 1. The summed E-state index contributed by atoms with van der Waals surface area (Å²) in [4.78, 5) is 16.8. The van der Waals surface area contributed by atoms with Crippen LogP contribution in [-0.4, -0.2) is 17.6 Å². The topological polar surface area (TPSA) is 43.6 Å². The van der Waals surface area contributed by atoms with Gasteiger partial charge in [-0.3, -0.25) is 4.79 Å². The fourth-order valence-electron chi connectivity index (χ4n) is 2.15. The Morgan fingerprint density at radius 1 is 1.23 bits per heavy atom. The first-order valence-electron chi connectivity index (χ1n) is 6.57. The summed E-state index contributed by atoms with van der Waals surface area (Å²) in [6.07, 6.45) is 0. The minimum Gasteiger partial charge on any atom is -0.497 e. The van der Waals surface area contributed by atoms with Gasteiger partial charge in [-0.2, -0.15) is 4.99 Å². The number of ether oxygens (including phenoxy) is 1. The number of amides is 1. The van der Waals surface area contributed by atoms with E-state index in [2.05, 4.69) is 4.99 Å². The molecular weight excluding hydrogens is 303 g/mol. The average Bonchev–Trinajstić information content (AvgIpc) is 2.85. The van der Waals surface area contributed by atoms with Crippen LogP contribution in [0.1, 0.15) is 10.4 Å². The molecule has 0 aliphatic heterocycles. The van der Waals surface area contributed by atoms with Gasteiger partial charge in [0.15, 0.2) is 4.80 Å². The van der Waals surface area contributed by atoms with Crippen molar-refractivity contribution in [3.8, 4) is 5.75 Å². The SMILES string of the molecule is COc1ccc(C(=O)N=c2sc3cccc(F)c3n2C)cc1. The van der Waals surface area contributed by atoms with Crippen molar-refractivity contribution < 1.29 is 13.9 Å². The van der Waals surface area contributed by atoms with Gasteiger partial charge in [0.2, 0.25) is 0 Å². The van der Waals surface area contributed by atoms with E-state index < -0.39 is 0 Å². The van der Waals surface area contributed by atoms with Crippen molar-refractivity contribution in [1.82, 2.24) is 4.57 Å². The molecule has 0 unspecified atom stereocenters.